The van der Waals surface area contributed by atoms with E-state index in [1.54, 1.807) is 48.9 Å². The zero-order valence-electron chi connectivity index (χ0n) is 15.0. The molecule has 0 fully saturated rings. The van der Waals surface area contributed by atoms with E-state index in [1.165, 1.54) is 19.5 Å². The van der Waals surface area contributed by atoms with Crippen LogP contribution in [0.4, 0.5) is 0 Å². The molecule has 0 aliphatic carbocycles. The van der Waals surface area contributed by atoms with Gasteiger partial charge in [0.05, 0.1) is 5.60 Å². The van der Waals surface area contributed by atoms with Crippen molar-refractivity contribution in [2.75, 3.05) is 6.54 Å². The first kappa shape index (κ1) is 20.1. The van der Waals surface area contributed by atoms with Crippen molar-refractivity contribution in [1.29, 1.82) is 0 Å². The summed E-state index contributed by atoms with van der Waals surface area (Å²) in [5.74, 6) is -0.647. The van der Waals surface area contributed by atoms with Crippen LogP contribution in [0, 0.1) is 6.92 Å². The molecule has 4 N–H and O–H groups in total. The van der Waals surface area contributed by atoms with E-state index in [1.807, 2.05) is 0 Å². The minimum Gasteiger partial charge on any atom is -0.388 e. The molecule has 1 unspecified atom stereocenters. The van der Waals surface area contributed by atoms with E-state index in [4.69, 9.17) is 5.21 Å². The summed E-state index contributed by atoms with van der Waals surface area (Å²) in [4.78, 5) is 17.1. The lowest BCUT2D eigenvalue weighted by molar-refractivity contribution is -0.145. The van der Waals surface area contributed by atoms with Crippen LogP contribution < -0.4 is 10.8 Å². The topological polar surface area (TPSA) is 81.6 Å². The van der Waals surface area contributed by atoms with Gasteiger partial charge in [-0.15, -0.1) is 22.7 Å². The van der Waals surface area contributed by atoms with Gasteiger partial charge >= 0.3 is 0 Å². The number of amides is 1. The first-order valence-electron chi connectivity index (χ1n) is 8.25. The predicted octanol–water partition coefficient (Wildman–Crippen LogP) is 3.34. The minimum atomic E-state index is -1.31. The molecule has 0 aromatic carbocycles. The van der Waals surface area contributed by atoms with Crippen LogP contribution in [0.1, 0.15) is 36.9 Å². The van der Waals surface area contributed by atoms with Gasteiger partial charge in [-0.2, -0.15) is 0 Å². The Morgan fingerprint density at radius 1 is 1.12 bits per heavy atom. The highest BCUT2D eigenvalue weighted by Gasteiger charge is 2.45. The van der Waals surface area contributed by atoms with E-state index in [0.717, 1.165) is 12.8 Å². The van der Waals surface area contributed by atoms with Gasteiger partial charge in [-0.05, 0) is 71.3 Å². The minimum absolute atomic E-state index is 0.555. The number of hydrogen-bond donors (Lipinski definition) is 4. The number of carbonyl (C=O) groups excluding carboxylic acids is 1. The molecule has 7 heteroatoms. The second-order valence-corrected chi connectivity index (χ2v) is 9.29. The van der Waals surface area contributed by atoms with Crippen molar-refractivity contribution >= 4 is 28.6 Å². The molecule has 0 aliphatic heterocycles. The van der Waals surface area contributed by atoms with Crippen LogP contribution in [-0.4, -0.2) is 33.9 Å². The summed E-state index contributed by atoms with van der Waals surface area (Å²) in [5.41, 5.74) is -0.944. The summed E-state index contributed by atoms with van der Waals surface area (Å²) in [5, 5.41) is 22.3. The zero-order valence-corrected chi connectivity index (χ0v) is 16.7. The fraction of sp³-hybridized carbons (Fsp3) is 0.500. The van der Waals surface area contributed by atoms with Gasteiger partial charge in [-0.1, -0.05) is 0 Å². The Bertz CT molecular complexity index is 718. The highest BCUT2D eigenvalue weighted by molar-refractivity contribution is 7.22. The van der Waals surface area contributed by atoms with Gasteiger partial charge in [-0.3, -0.25) is 10.0 Å². The smallest absolute Gasteiger partial charge is 0.266 e. The summed E-state index contributed by atoms with van der Waals surface area (Å²) in [6, 6.07) is 8.58. The SMILES string of the molecule is Cc1ccc(-c2ccc(CCCNC(C)(C(=O)NO)C(C)(C)O)s2)s1. The van der Waals surface area contributed by atoms with E-state index in [9.17, 15) is 9.90 Å². The normalized spacial score (nSPS) is 14.3. The third-order valence-electron chi connectivity index (χ3n) is 4.50. The van der Waals surface area contributed by atoms with E-state index in [2.05, 4.69) is 36.5 Å². The van der Waals surface area contributed by atoms with Gasteiger partial charge in [0.2, 0.25) is 0 Å². The van der Waals surface area contributed by atoms with Crippen molar-refractivity contribution in [3.8, 4) is 9.75 Å². The van der Waals surface area contributed by atoms with Crippen LogP contribution in [-0.2, 0) is 11.2 Å². The third kappa shape index (κ3) is 4.68. The number of aryl methyl sites for hydroxylation is 2. The highest BCUT2D eigenvalue weighted by atomic mass is 32.1. The number of aliphatic hydroxyl groups is 1. The summed E-state index contributed by atoms with van der Waals surface area (Å²) < 4.78 is 0. The average Bonchev–Trinajstić information content (AvgIpc) is 3.18. The van der Waals surface area contributed by atoms with Crippen LogP contribution >= 0.6 is 22.7 Å². The number of hydroxylamine groups is 1. The lowest BCUT2D eigenvalue weighted by Gasteiger charge is -2.39. The standard InChI is InChI=1S/C18H26N2O3S2/c1-12-7-9-14(24-12)15-10-8-13(25-15)6-5-11-19-18(4,16(21)20-23)17(2,3)22/h7-10,19,22-23H,5-6,11H2,1-4H3,(H,20,21). The van der Waals surface area contributed by atoms with Crippen LogP contribution in [0.3, 0.4) is 0 Å². The fourth-order valence-electron chi connectivity index (χ4n) is 2.50. The van der Waals surface area contributed by atoms with Gasteiger partial charge in [0.15, 0.2) is 0 Å². The van der Waals surface area contributed by atoms with Crippen LogP contribution in [0.5, 0.6) is 0 Å². The maximum atomic E-state index is 11.9. The molecule has 2 heterocycles. The predicted molar refractivity (Wildman–Crippen MR) is 103 cm³/mol. The van der Waals surface area contributed by atoms with Crippen LogP contribution in [0.15, 0.2) is 24.3 Å². The lowest BCUT2D eigenvalue weighted by atomic mass is 9.83. The molecule has 2 rings (SSSR count). The second kappa shape index (κ2) is 7.97. The third-order valence-corrected chi connectivity index (χ3v) is 6.84. The Balaban J connectivity index is 1.90. The lowest BCUT2D eigenvalue weighted by Crippen LogP contribution is -2.66. The quantitative estimate of drug-likeness (QED) is 0.321. The van der Waals surface area contributed by atoms with Crippen molar-refractivity contribution in [2.24, 2.45) is 0 Å². The molecule has 2 aromatic heterocycles. The van der Waals surface area contributed by atoms with Crippen molar-refractivity contribution in [2.45, 2.75) is 51.7 Å². The average molecular weight is 383 g/mol. The van der Waals surface area contributed by atoms with Crippen molar-refractivity contribution in [3.05, 3.63) is 34.0 Å². The summed E-state index contributed by atoms with van der Waals surface area (Å²) in [6.07, 6.45) is 1.72. The van der Waals surface area contributed by atoms with Gasteiger partial charge in [0.25, 0.3) is 5.91 Å². The number of thiophene rings is 2. The number of hydrogen-bond acceptors (Lipinski definition) is 6. The van der Waals surface area contributed by atoms with Gasteiger partial charge in [0.1, 0.15) is 5.54 Å². The van der Waals surface area contributed by atoms with Gasteiger partial charge < -0.3 is 10.4 Å². The molecule has 0 saturated carbocycles. The molecular weight excluding hydrogens is 356 g/mol. The van der Waals surface area contributed by atoms with Crippen LogP contribution in [0.25, 0.3) is 9.75 Å². The molecule has 25 heavy (non-hydrogen) atoms. The molecule has 138 valence electrons. The zero-order chi connectivity index (χ0) is 18.7. The van der Waals surface area contributed by atoms with Gasteiger partial charge in [-0.25, -0.2) is 5.48 Å². The monoisotopic (exact) mass is 382 g/mol. The molecule has 0 aliphatic rings. The molecule has 0 bridgehead atoms. The number of rotatable bonds is 8. The Hall–Kier alpha value is -1.25. The van der Waals surface area contributed by atoms with E-state index >= 15 is 0 Å². The molecule has 0 spiro atoms. The molecule has 1 atom stereocenters. The Labute approximate surface area is 156 Å². The first-order chi connectivity index (χ1) is 11.7. The highest BCUT2D eigenvalue weighted by Crippen LogP contribution is 2.33. The molecule has 5 nitrogen and oxygen atoms in total. The van der Waals surface area contributed by atoms with Crippen molar-refractivity contribution < 1.29 is 15.1 Å². The first-order valence-corrected chi connectivity index (χ1v) is 9.88. The molecule has 2 aromatic rings. The maximum Gasteiger partial charge on any atom is 0.266 e. The largest absolute Gasteiger partial charge is 0.388 e. The molecule has 1 amide bonds. The summed E-state index contributed by atoms with van der Waals surface area (Å²) in [7, 11) is 0. The van der Waals surface area contributed by atoms with Gasteiger partial charge in [0, 0.05) is 19.5 Å². The molecule has 0 radical (unpaired) electrons. The Kier molecular flexibility index (Phi) is 6.40. The van der Waals surface area contributed by atoms with Crippen molar-refractivity contribution in [3.63, 3.8) is 0 Å². The van der Waals surface area contributed by atoms with E-state index in [-0.39, 0.29) is 0 Å². The molecule has 0 saturated heterocycles. The number of nitrogens with one attached hydrogen (secondary N) is 2. The fourth-order valence-corrected chi connectivity index (χ4v) is 4.51. The van der Waals surface area contributed by atoms with Crippen LogP contribution in [0.2, 0.25) is 0 Å². The number of carbonyl (C=O) groups is 1. The van der Waals surface area contributed by atoms with Crippen molar-refractivity contribution in [1.82, 2.24) is 10.8 Å². The summed E-state index contributed by atoms with van der Waals surface area (Å²) in [6.45, 7) is 7.34. The van der Waals surface area contributed by atoms with E-state index < -0.39 is 17.0 Å². The maximum absolute atomic E-state index is 11.9. The Morgan fingerprint density at radius 3 is 2.32 bits per heavy atom. The second-order valence-electron chi connectivity index (χ2n) is 6.83. The molecular formula is C18H26N2O3S2. The summed E-state index contributed by atoms with van der Waals surface area (Å²) >= 11 is 3.58. The Morgan fingerprint density at radius 2 is 1.76 bits per heavy atom. The van der Waals surface area contributed by atoms with E-state index in [0.29, 0.717) is 6.54 Å².